The van der Waals surface area contributed by atoms with Crippen LogP contribution in [0.5, 0.6) is 0 Å². The number of aromatic carboxylic acids is 1. The molecule has 4 heteroatoms. The number of halogens is 1. The van der Waals surface area contributed by atoms with Gasteiger partial charge in [-0.05, 0) is 42.5 Å². The summed E-state index contributed by atoms with van der Waals surface area (Å²) < 4.78 is 0. The first-order valence-electron chi connectivity index (χ1n) is 5.05. The Hall–Kier alpha value is -1.53. The van der Waals surface area contributed by atoms with Gasteiger partial charge in [-0.1, -0.05) is 11.6 Å². The molecule has 1 aliphatic rings. The second-order valence-corrected chi connectivity index (χ2v) is 4.46. The van der Waals surface area contributed by atoms with Crippen molar-refractivity contribution < 1.29 is 9.90 Å². The molecule has 0 spiro atoms. The Kier molecular flexibility index (Phi) is 2.84. The molecule has 16 heavy (non-hydrogen) atoms. The van der Waals surface area contributed by atoms with Crippen molar-refractivity contribution in [2.24, 2.45) is 5.92 Å². The highest BCUT2D eigenvalue weighted by Crippen LogP contribution is 2.42. The molecule has 0 saturated heterocycles. The fraction of sp³-hybridized carbons (Fsp3) is 0.333. The van der Waals surface area contributed by atoms with Crippen molar-refractivity contribution >= 4 is 17.6 Å². The van der Waals surface area contributed by atoms with E-state index < -0.39 is 5.97 Å². The highest BCUT2D eigenvalue weighted by Gasteiger charge is 2.32. The summed E-state index contributed by atoms with van der Waals surface area (Å²) >= 11 is 5.85. The number of carboxylic acid groups (broad SMARTS) is 1. The van der Waals surface area contributed by atoms with E-state index in [4.69, 9.17) is 22.0 Å². The number of hydrogen-bond donors (Lipinski definition) is 1. The zero-order valence-corrected chi connectivity index (χ0v) is 9.24. The summed E-state index contributed by atoms with van der Waals surface area (Å²) in [7, 11) is 0. The lowest BCUT2D eigenvalue weighted by atomic mass is 9.94. The van der Waals surface area contributed by atoms with Crippen LogP contribution in [0.3, 0.4) is 0 Å². The van der Waals surface area contributed by atoms with Gasteiger partial charge in [-0.25, -0.2) is 4.79 Å². The zero-order valence-electron chi connectivity index (χ0n) is 8.48. The van der Waals surface area contributed by atoms with E-state index in [-0.39, 0.29) is 11.5 Å². The quantitative estimate of drug-likeness (QED) is 0.876. The molecule has 1 unspecified atom stereocenters. The Morgan fingerprint density at radius 2 is 2.19 bits per heavy atom. The summed E-state index contributed by atoms with van der Waals surface area (Å²) in [5.41, 5.74) is 0.860. The third kappa shape index (κ3) is 2.17. The van der Waals surface area contributed by atoms with Gasteiger partial charge in [0.2, 0.25) is 0 Å². The fourth-order valence-corrected chi connectivity index (χ4v) is 2.04. The molecule has 1 atom stereocenters. The lowest BCUT2D eigenvalue weighted by molar-refractivity contribution is 0.0696. The minimum atomic E-state index is -1.02. The van der Waals surface area contributed by atoms with Crippen molar-refractivity contribution in [1.29, 1.82) is 5.26 Å². The lowest BCUT2D eigenvalue weighted by Crippen LogP contribution is -2.02. The van der Waals surface area contributed by atoms with Crippen LogP contribution in [0.4, 0.5) is 0 Å². The molecule has 1 N–H and O–H groups in total. The zero-order chi connectivity index (χ0) is 11.7. The fourth-order valence-electron chi connectivity index (χ4n) is 1.80. The lowest BCUT2D eigenvalue weighted by Gasteiger charge is -2.09. The number of carbonyl (C=O) groups is 1. The third-order valence-electron chi connectivity index (χ3n) is 2.76. The molecule has 1 saturated carbocycles. The number of hydrogen-bond acceptors (Lipinski definition) is 2. The van der Waals surface area contributed by atoms with Crippen LogP contribution in [0.25, 0.3) is 0 Å². The first kappa shape index (κ1) is 11.0. The maximum absolute atomic E-state index is 10.9. The van der Waals surface area contributed by atoms with Gasteiger partial charge in [0.05, 0.1) is 17.6 Å². The van der Waals surface area contributed by atoms with Crippen molar-refractivity contribution in [3.05, 3.63) is 34.3 Å². The van der Waals surface area contributed by atoms with E-state index in [1.165, 1.54) is 6.07 Å². The van der Waals surface area contributed by atoms with E-state index >= 15 is 0 Å². The largest absolute Gasteiger partial charge is 0.478 e. The Morgan fingerprint density at radius 3 is 2.69 bits per heavy atom. The van der Waals surface area contributed by atoms with Crippen molar-refractivity contribution in [2.75, 3.05) is 0 Å². The number of carboxylic acids is 1. The molecule has 1 aliphatic carbocycles. The maximum atomic E-state index is 10.9. The van der Waals surface area contributed by atoms with Gasteiger partial charge >= 0.3 is 5.97 Å². The molecule has 1 aromatic carbocycles. The monoisotopic (exact) mass is 235 g/mol. The number of nitriles is 1. The van der Waals surface area contributed by atoms with Gasteiger partial charge in [-0.2, -0.15) is 5.26 Å². The van der Waals surface area contributed by atoms with E-state index in [9.17, 15) is 4.79 Å². The molecule has 0 amide bonds. The van der Waals surface area contributed by atoms with Crippen molar-refractivity contribution in [2.45, 2.75) is 18.8 Å². The molecule has 82 valence electrons. The summed E-state index contributed by atoms with van der Waals surface area (Å²) in [5.74, 6) is -0.877. The van der Waals surface area contributed by atoms with Gasteiger partial charge in [0.25, 0.3) is 0 Å². The number of rotatable bonds is 3. The second kappa shape index (κ2) is 4.15. The predicted molar refractivity (Wildman–Crippen MR) is 59.5 cm³/mol. The third-order valence-corrected chi connectivity index (χ3v) is 2.98. The Morgan fingerprint density at radius 1 is 1.50 bits per heavy atom. The Labute approximate surface area is 98.3 Å². The Balaban J connectivity index is 2.40. The first-order chi connectivity index (χ1) is 7.61. The first-order valence-corrected chi connectivity index (χ1v) is 5.43. The smallest absolute Gasteiger partial charge is 0.335 e. The van der Waals surface area contributed by atoms with Gasteiger partial charge in [-0.3, -0.25) is 0 Å². The summed E-state index contributed by atoms with van der Waals surface area (Å²) in [6.45, 7) is 0. The molecular formula is C12H10ClNO2. The van der Waals surface area contributed by atoms with Gasteiger partial charge < -0.3 is 5.11 Å². The minimum Gasteiger partial charge on any atom is -0.478 e. The van der Waals surface area contributed by atoms with E-state index in [0.717, 1.165) is 18.4 Å². The van der Waals surface area contributed by atoms with Gasteiger partial charge in [0.15, 0.2) is 0 Å². The van der Waals surface area contributed by atoms with Crippen LogP contribution in [-0.2, 0) is 0 Å². The topological polar surface area (TPSA) is 61.1 Å². The summed E-state index contributed by atoms with van der Waals surface area (Å²) in [5, 5.41) is 18.3. The van der Waals surface area contributed by atoms with Crippen LogP contribution >= 0.6 is 11.6 Å². The number of nitrogens with zero attached hydrogens (tertiary/aromatic N) is 1. The highest BCUT2D eigenvalue weighted by atomic mass is 35.5. The van der Waals surface area contributed by atoms with Gasteiger partial charge in [0, 0.05) is 5.02 Å². The van der Waals surface area contributed by atoms with Gasteiger partial charge in [-0.15, -0.1) is 0 Å². The average molecular weight is 236 g/mol. The second-order valence-electron chi connectivity index (χ2n) is 4.02. The van der Waals surface area contributed by atoms with E-state index in [2.05, 4.69) is 6.07 Å². The van der Waals surface area contributed by atoms with Gasteiger partial charge in [0.1, 0.15) is 0 Å². The summed E-state index contributed by atoms with van der Waals surface area (Å²) in [6, 6.07) is 6.84. The summed E-state index contributed by atoms with van der Waals surface area (Å²) in [4.78, 5) is 10.9. The van der Waals surface area contributed by atoms with Crippen LogP contribution in [-0.4, -0.2) is 11.1 Å². The standard InChI is InChI=1S/C12H10ClNO2/c13-10-4-8(3-9(5-10)12(15)16)11(6-14)7-1-2-7/h3-5,7,11H,1-2H2,(H,15,16). The van der Waals surface area contributed by atoms with E-state index in [1.807, 2.05) is 0 Å². The molecule has 0 aromatic heterocycles. The van der Waals surface area contributed by atoms with Crippen LogP contribution in [0.15, 0.2) is 18.2 Å². The van der Waals surface area contributed by atoms with Crippen LogP contribution in [0, 0.1) is 17.2 Å². The summed E-state index contributed by atoms with van der Waals surface area (Å²) in [6.07, 6.45) is 2.07. The number of benzene rings is 1. The predicted octanol–water partition coefficient (Wildman–Crippen LogP) is 3.06. The maximum Gasteiger partial charge on any atom is 0.335 e. The molecule has 3 nitrogen and oxygen atoms in total. The molecule has 0 bridgehead atoms. The van der Waals surface area contributed by atoms with Crippen LogP contribution in [0.2, 0.25) is 5.02 Å². The average Bonchev–Trinajstić information content (AvgIpc) is 3.02. The molecule has 1 fully saturated rings. The molecule has 0 aliphatic heterocycles. The van der Waals surface area contributed by atoms with E-state index in [1.54, 1.807) is 12.1 Å². The minimum absolute atomic E-state index is 0.142. The van der Waals surface area contributed by atoms with Crippen LogP contribution in [0.1, 0.15) is 34.7 Å². The molecule has 0 heterocycles. The normalized spacial score (nSPS) is 16.5. The molecule has 1 aromatic rings. The molecule has 0 radical (unpaired) electrons. The highest BCUT2D eigenvalue weighted by molar-refractivity contribution is 6.31. The molecular weight excluding hydrogens is 226 g/mol. The van der Waals surface area contributed by atoms with Crippen molar-refractivity contribution in [3.63, 3.8) is 0 Å². The van der Waals surface area contributed by atoms with Crippen molar-refractivity contribution in [1.82, 2.24) is 0 Å². The Bertz CT molecular complexity index is 474. The van der Waals surface area contributed by atoms with Crippen molar-refractivity contribution in [3.8, 4) is 6.07 Å². The van der Waals surface area contributed by atoms with E-state index in [0.29, 0.717) is 10.9 Å². The molecule has 2 rings (SSSR count). The SMILES string of the molecule is N#CC(c1cc(Cl)cc(C(=O)O)c1)C1CC1. The van der Waals surface area contributed by atoms with Crippen LogP contribution < -0.4 is 0 Å².